The molecule has 0 aliphatic carbocycles. The molecule has 0 aliphatic heterocycles. The molecular weight excluding hydrogens is 1230 g/mol. The third-order valence-electron chi connectivity index (χ3n) is 8.37. The summed E-state index contributed by atoms with van der Waals surface area (Å²) in [6, 6.07) is 0. The van der Waals surface area contributed by atoms with E-state index >= 15 is 0 Å². The summed E-state index contributed by atoms with van der Waals surface area (Å²) in [5.74, 6) is 14.0. The Labute approximate surface area is 526 Å². The van der Waals surface area contributed by atoms with Crippen LogP contribution in [0.25, 0.3) is 0 Å². The molecule has 0 rings (SSSR count). The molecule has 0 aromatic carbocycles. The lowest BCUT2D eigenvalue weighted by Gasteiger charge is -2.24. The minimum Gasteiger partial charge on any atom is -0.396 e. The van der Waals surface area contributed by atoms with E-state index in [1.54, 1.807) is 47.0 Å². The van der Waals surface area contributed by atoms with Gasteiger partial charge in [0.25, 0.3) is 0 Å². The van der Waals surface area contributed by atoms with Crippen molar-refractivity contribution in [2.75, 3.05) is 192 Å². The van der Waals surface area contributed by atoms with E-state index in [4.69, 9.17) is 102 Å². The number of rotatable bonds is 56. The first-order chi connectivity index (χ1) is 40.3. The summed E-state index contributed by atoms with van der Waals surface area (Å²) in [7, 11) is 0. The third kappa shape index (κ3) is 70.0. The van der Waals surface area contributed by atoms with Crippen LogP contribution in [-0.4, -0.2) is 276 Å². The second-order valence-corrected chi connectivity index (χ2v) is 22.5. The predicted octanol–water partition coefficient (Wildman–Crippen LogP) is 6.50. The van der Waals surface area contributed by atoms with Crippen LogP contribution in [-0.2, 0) is 56.8 Å². The van der Waals surface area contributed by atoms with Gasteiger partial charge in [-0.2, -0.15) is 47.0 Å². The van der Waals surface area contributed by atoms with Gasteiger partial charge in [0.15, 0.2) is 0 Å². The summed E-state index contributed by atoms with van der Waals surface area (Å²) in [5.41, 5.74) is 0. The Balaban J connectivity index is -0.000000366. The first kappa shape index (κ1) is 92.4. The Kier molecular flexibility index (Phi) is 95.1. The van der Waals surface area contributed by atoms with Gasteiger partial charge in [0.05, 0.1) is 116 Å². The molecule has 8 atom stereocenters. The van der Waals surface area contributed by atoms with Crippen LogP contribution in [0.15, 0.2) is 52.6 Å². The highest BCUT2D eigenvalue weighted by atomic mass is 32.2. The van der Waals surface area contributed by atoms with Gasteiger partial charge in [-0.1, -0.05) is 23.7 Å². The average molecular weight is 1320 g/mol. The van der Waals surface area contributed by atoms with E-state index in [1.165, 1.54) is 0 Å². The van der Waals surface area contributed by atoms with Crippen molar-refractivity contribution in [2.45, 2.75) is 45.4 Å². The van der Waals surface area contributed by atoms with Gasteiger partial charge < -0.3 is 95.5 Å². The lowest BCUT2D eigenvalue weighted by molar-refractivity contribution is -0.131. The van der Waals surface area contributed by atoms with Gasteiger partial charge in [0.1, 0.15) is 64.4 Å². The number of aliphatic hydroxyl groups is 4. The van der Waals surface area contributed by atoms with Gasteiger partial charge in [-0.3, -0.25) is 0 Å². The summed E-state index contributed by atoms with van der Waals surface area (Å²) < 4.78 is 104. The van der Waals surface area contributed by atoms with E-state index in [2.05, 4.69) is 76.3 Å². The zero-order chi connectivity index (χ0) is 62.8. The second-order valence-electron chi connectivity index (χ2n) is 14.5. The van der Waals surface area contributed by atoms with Crippen LogP contribution in [0.1, 0.15) is 0 Å². The van der Waals surface area contributed by atoms with Gasteiger partial charge in [-0.25, -0.2) is 0 Å². The van der Waals surface area contributed by atoms with E-state index < -0.39 is 12.2 Å². The first-order valence-electron chi connectivity index (χ1n) is 25.1. The number of thioether (sulfide) groups is 4. The first-order valence-corrected chi connectivity index (χ1v) is 33.0. The van der Waals surface area contributed by atoms with E-state index in [1.807, 2.05) is 0 Å². The highest BCUT2D eigenvalue weighted by Gasteiger charge is 2.20. The number of aliphatic hydroxyl groups excluding tert-OH is 4. The zero-order valence-electron chi connectivity index (χ0n) is 47.5. The minimum atomic E-state index is -0.541. The summed E-state index contributed by atoms with van der Waals surface area (Å²) in [5, 5.41) is 36.4. The van der Waals surface area contributed by atoms with E-state index in [9.17, 15) is 19.3 Å². The quantitative estimate of drug-likeness (QED) is 0.0106. The van der Waals surface area contributed by atoms with E-state index in [-0.39, 0.29) is 177 Å². The smallest absolute Gasteiger partial charge is 0.146 e. The van der Waals surface area contributed by atoms with Crippen LogP contribution in [0.5, 0.6) is 0 Å². The van der Waals surface area contributed by atoms with Crippen LogP contribution >= 0.6 is 95.2 Å². The summed E-state index contributed by atoms with van der Waals surface area (Å²) in [4.78, 5) is 0. The maximum Gasteiger partial charge on any atom is 0.146 e. The summed E-state index contributed by atoms with van der Waals surface area (Å²) in [6.07, 6.45) is 18.9. The highest BCUT2D eigenvalue weighted by molar-refractivity contribution is 8.03. The fourth-order valence-electron chi connectivity index (χ4n) is 5.06. The molecule has 0 saturated carbocycles. The van der Waals surface area contributed by atoms with Gasteiger partial charge >= 0.3 is 0 Å². The van der Waals surface area contributed by atoms with E-state index in [0.717, 1.165) is 11.5 Å². The van der Waals surface area contributed by atoms with Crippen LogP contribution in [0.4, 0.5) is 0 Å². The van der Waals surface area contributed by atoms with E-state index in [0.29, 0.717) is 84.4 Å². The van der Waals surface area contributed by atoms with Crippen molar-refractivity contribution < 1.29 is 95.5 Å². The van der Waals surface area contributed by atoms with Crippen molar-refractivity contribution in [3.8, 4) is 49.4 Å². The van der Waals surface area contributed by atoms with Gasteiger partial charge in [0, 0.05) is 56.5 Å². The molecule has 0 amide bonds. The number of hydrogen-bond acceptors (Lipinski definition) is 28. The van der Waals surface area contributed by atoms with Gasteiger partial charge in [-0.05, 0) is 48.2 Å². The SMILES string of the molecule is C#CCOCC(COCOCC(COCC#C)OCC#C)OCC#C.C=C.C=C.C=C.C=C.OCCSCC(COCC(COCOCC(COCC(CSO)SO)OCC(CSO)SO)OCC(CSCCO)SCCO)SCCO. The summed E-state index contributed by atoms with van der Waals surface area (Å²) in [6.45, 7) is 27.8. The largest absolute Gasteiger partial charge is 0.396 e. The third-order valence-corrected chi connectivity index (χ3v) is 16.1. The molecule has 0 radical (unpaired) electrons. The molecule has 28 heteroatoms. The van der Waals surface area contributed by atoms with Gasteiger partial charge in [0.2, 0.25) is 0 Å². The predicted molar refractivity (Wildman–Crippen MR) is 350 cm³/mol. The fraction of sp³-hybridized carbons (Fsp3) is 0.704. The molecule has 8 unspecified atom stereocenters. The zero-order valence-corrected chi connectivity index (χ0v) is 54.1. The molecule has 0 spiro atoms. The highest BCUT2D eigenvalue weighted by Crippen LogP contribution is 2.20. The molecular formula is C54H96O20S8. The van der Waals surface area contributed by atoms with Crippen molar-refractivity contribution in [1.82, 2.24) is 0 Å². The Morgan fingerprint density at radius 1 is 0.329 bits per heavy atom. The Morgan fingerprint density at radius 2 is 0.622 bits per heavy atom. The maximum absolute atomic E-state index is 9.47. The molecule has 20 nitrogen and oxygen atoms in total. The lowest BCUT2D eigenvalue weighted by Crippen LogP contribution is -2.33. The number of ether oxygens (including phenoxy) is 12. The van der Waals surface area contributed by atoms with Crippen LogP contribution in [0.2, 0.25) is 0 Å². The van der Waals surface area contributed by atoms with Crippen LogP contribution < -0.4 is 0 Å². The van der Waals surface area contributed by atoms with Crippen molar-refractivity contribution in [1.29, 1.82) is 0 Å². The van der Waals surface area contributed by atoms with Crippen molar-refractivity contribution >= 4 is 95.2 Å². The van der Waals surface area contributed by atoms with Crippen molar-refractivity contribution in [2.24, 2.45) is 0 Å². The molecule has 82 heavy (non-hydrogen) atoms. The van der Waals surface area contributed by atoms with Crippen LogP contribution in [0, 0.1) is 49.4 Å². The molecule has 480 valence electrons. The number of hydrogen-bond donors (Lipinski definition) is 8. The Hall–Kier alpha value is -0.800. The minimum absolute atomic E-state index is 0.0378. The molecule has 0 aromatic heterocycles. The fourth-order valence-corrected chi connectivity index (χ4v) is 10.6. The molecule has 0 bridgehead atoms. The summed E-state index contributed by atoms with van der Waals surface area (Å²) >= 11 is 8.86. The average Bonchev–Trinajstić information content (AvgIpc) is 3.51. The Bertz CT molecular complexity index is 1370. The second kappa shape index (κ2) is 84.4. The topological polar surface area (TPSA) is 273 Å². The molecule has 8 N–H and O–H groups in total. The lowest BCUT2D eigenvalue weighted by atomic mass is 10.4. The standard InChI is InChI=1S/C27H56O14S8.C19H24O6.4C2H4/c28-1-5-42-17-24(44-7-3-30)13-36-9-22(40-15-25(45-8-4-31)18-43-6-2-29)11-38-21-39-12-23(41-16-27(49-35)20-47-33)10-37-14-26(48-34)19-46-32;1-5-9-20-13-18(24-11-7-3)15-22-17-23-16-19(25-12-8-4)14-21-10-6-2;4*1-2/h22-35H,1-21H2;1-4,18-19H,9-17H2;4*1-2H2. The molecule has 0 aromatic rings. The monoisotopic (exact) mass is 1320 g/mol. The Morgan fingerprint density at radius 3 is 0.951 bits per heavy atom. The normalized spacial score (nSPS) is 13.3. The molecule has 0 heterocycles. The van der Waals surface area contributed by atoms with Crippen molar-refractivity contribution in [3.05, 3.63) is 52.6 Å². The molecule has 0 fully saturated rings. The maximum atomic E-state index is 9.47. The molecule has 0 saturated heterocycles. The number of terminal acetylenes is 4. The van der Waals surface area contributed by atoms with Crippen LogP contribution in [0.3, 0.4) is 0 Å². The molecule has 0 aliphatic rings. The van der Waals surface area contributed by atoms with Gasteiger partial charge in [-0.15, -0.1) is 78.3 Å². The van der Waals surface area contributed by atoms with Crippen molar-refractivity contribution in [3.63, 3.8) is 0 Å².